The number of nitrogens with one attached hydrogen (secondary N) is 2. The van der Waals surface area contributed by atoms with Gasteiger partial charge in [-0.05, 0) is 23.6 Å². The maximum absolute atomic E-state index is 12.6. The number of thiazole rings is 1. The second kappa shape index (κ2) is 12.2. The first-order chi connectivity index (χ1) is 13.3. The predicted molar refractivity (Wildman–Crippen MR) is 121 cm³/mol. The number of nitrogens with zero attached hydrogens (tertiary/aromatic N) is 2. The number of rotatable bonds is 8. The molecule has 0 aliphatic rings. The molecule has 162 valence electrons. The molecule has 2 rings (SSSR count). The molecule has 0 atom stereocenters. The van der Waals surface area contributed by atoms with Crippen molar-refractivity contribution in [1.29, 1.82) is 0 Å². The van der Waals surface area contributed by atoms with Gasteiger partial charge >= 0.3 is 6.18 Å². The molecule has 0 bridgehead atoms. The van der Waals surface area contributed by atoms with Gasteiger partial charge in [-0.15, -0.1) is 35.3 Å². The minimum absolute atomic E-state index is 0. The first-order valence-corrected chi connectivity index (χ1v) is 9.83. The fourth-order valence-electron chi connectivity index (χ4n) is 2.22. The molecule has 5 nitrogen and oxygen atoms in total. The molecule has 1 aromatic heterocycles. The zero-order valence-corrected chi connectivity index (χ0v) is 19.7. The Kier molecular flexibility index (Phi) is 10.7. The maximum Gasteiger partial charge on any atom is 0.434 e. The lowest BCUT2D eigenvalue weighted by Gasteiger charge is -2.12. The van der Waals surface area contributed by atoms with Crippen molar-refractivity contribution in [1.82, 2.24) is 15.6 Å². The van der Waals surface area contributed by atoms with Crippen LogP contribution in [-0.4, -0.2) is 31.1 Å². The molecule has 0 aliphatic heterocycles. The molecule has 0 unspecified atom stereocenters. The van der Waals surface area contributed by atoms with Crippen LogP contribution in [0, 0.1) is 5.92 Å². The van der Waals surface area contributed by atoms with Crippen LogP contribution in [0.1, 0.15) is 30.1 Å². The number of halogens is 4. The number of aromatic nitrogens is 1. The number of hydrogen-bond acceptors (Lipinski definition) is 4. The highest BCUT2D eigenvalue weighted by molar-refractivity contribution is 14.0. The smallest absolute Gasteiger partial charge is 0.434 e. The molecular weight excluding hydrogens is 516 g/mol. The quantitative estimate of drug-likeness (QED) is 0.288. The van der Waals surface area contributed by atoms with Crippen molar-refractivity contribution in [3.05, 3.63) is 45.9 Å². The van der Waals surface area contributed by atoms with Crippen LogP contribution in [-0.2, 0) is 19.1 Å². The van der Waals surface area contributed by atoms with Gasteiger partial charge in [0, 0.05) is 31.9 Å². The van der Waals surface area contributed by atoms with Crippen LogP contribution in [0.3, 0.4) is 0 Å². The first-order valence-electron chi connectivity index (χ1n) is 8.95. The summed E-state index contributed by atoms with van der Waals surface area (Å²) < 4.78 is 43.3. The van der Waals surface area contributed by atoms with Crippen molar-refractivity contribution in [2.45, 2.75) is 33.0 Å². The second-order valence-corrected chi connectivity index (χ2v) is 7.52. The van der Waals surface area contributed by atoms with Gasteiger partial charge in [0.05, 0.1) is 11.6 Å². The molecule has 0 radical (unpaired) electrons. The molecule has 29 heavy (non-hydrogen) atoms. The van der Waals surface area contributed by atoms with Gasteiger partial charge in [-0.25, -0.2) is 4.98 Å². The van der Waals surface area contributed by atoms with E-state index in [2.05, 4.69) is 34.5 Å². The summed E-state index contributed by atoms with van der Waals surface area (Å²) in [5.41, 5.74) is 0.227. The molecule has 1 heterocycles. The van der Waals surface area contributed by atoms with Crippen molar-refractivity contribution in [2.75, 3.05) is 20.2 Å². The normalized spacial score (nSPS) is 11.9. The summed E-state index contributed by atoms with van der Waals surface area (Å²) >= 11 is 1.01. The summed E-state index contributed by atoms with van der Waals surface area (Å²) in [6.45, 7) is 5.88. The van der Waals surface area contributed by atoms with Gasteiger partial charge in [-0.1, -0.05) is 26.0 Å². The molecule has 0 aliphatic carbocycles. The average molecular weight is 542 g/mol. The third kappa shape index (κ3) is 9.20. The Bertz CT molecular complexity index is 764. The Labute approximate surface area is 190 Å². The summed E-state index contributed by atoms with van der Waals surface area (Å²) in [7, 11) is 1.64. The molecule has 1 aromatic carbocycles. The Balaban J connectivity index is 0.00000420. The van der Waals surface area contributed by atoms with Crippen LogP contribution in [0.25, 0.3) is 0 Å². The highest BCUT2D eigenvalue weighted by Gasteiger charge is 2.33. The van der Waals surface area contributed by atoms with Gasteiger partial charge in [0.25, 0.3) is 0 Å². The topological polar surface area (TPSA) is 58.5 Å². The summed E-state index contributed by atoms with van der Waals surface area (Å²) in [6.07, 6.45) is -4.00. The summed E-state index contributed by atoms with van der Waals surface area (Å²) in [5.74, 6) is 1.88. The minimum atomic E-state index is -4.39. The van der Waals surface area contributed by atoms with E-state index in [-0.39, 0.29) is 24.0 Å². The average Bonchev–Trinajstić information content (AvgIpc) is 3.13. The molecule has 0 saturated carbocycles. The van der Waals surface area contributed by atoms with Crippen molar-refractivity contribution < 1.29 is 17.9 Å². The Morgan fingerprint density at radius 1 is 1.21 bits per heavy atom. The fourth-order valence-corrected chi connectivity index (χ4v) is 3.02. The van der Waals surface area contributed by atoms with E-state index in [0.29, 0.717) is 43.0 Å². The molecular formula is C19H26F3IN4OS. The van der Waals surface area contributed by atoms with Gasteiger partial charge in [0.2, 0.25) is 0 Å². The number of guanidine groups is 1. The Hall–Kier alpha value is -1.56. The maximum atomic E-state index is 12.6. The van der Waals surface area contributed by atoms with E-state index in [9.17, 15) is 13.2 Å². The van der Waals surface area contributed by atoms with Crippen molar-refractivity contribution >= 4 is 41.3 Å². The largest absolute Gasteiger partial charge is 0.493 e. The third-order valence-electron chi connectivity index (χ3n) is 3.66. The fraction of sp³-hybridized carbons (Fsp3) is 0.474. The highest BCUT2D eigenvalue weighted by atomic mass is 127. The Morgan fingerprint density at radius 3 is 2.45 bits per heavy atom. The number of hydrogen-bond donors (Lipinski definition) is 2. The minimum Gasteiger partial charge on any atom is -0.493 e. The molecule has 2 N–H and O–H groups in total. The number of ether oxygens (including phenoxy) is 1. The first kappa shape index (κ1) is 25.5. The lowest BCUT2D eigenvalue weighted by Crippen LogP contribution is -2.37. The summed E-state index contributed by atoms with van der Waals surface area (Å²) in [4.78, 5) is 7.73. The van der Waals surface area contributed by atoms with Crippen LogP contribution < -0.4 is 15.4 Å². The van der Waals surface area contributed by atoms with E-state index in [4.69, 9.17) is 4.74 Å². The van der Waals surface area contributed by atoms with Crippen LogP contribution in [0.2, 0.25) is 0 Å². The number of aliphatic imine (C=N–C) groups is 1. The second-order valence-electron chi connectivity index (χ2n) is 6.58. The van der Waals surface area contributed by atoms with Crippen LogP contribution in [0.4, 0.5) is 13.2 Å². The highest BCUT2D eigenvalue weighted by Crippen LogP contribution is 2.30. The van der Waals surface area contributed by atoms with E-state index in [1.807, 2.05) is 24.3 Å². The van der Waals surface area contributed by atoms with Gasteiger partial charge in [0.1, 0.15) is 5.75 Å². The lowest BCUT2D eigenvalue weighted by atomic mass is 10.2. The van der Waals surface area contributed by atoms with Gasteiger partial charge < -0.3 is 15.4 Å². The van der Waals surface area contributed by atoms with E-state index < -0.39 is 11.9 Å². The predicted octanol–water partition coefficient (Wildman–Crippen LogP) is 4.72. The summed E-state index contributed by atoms with van der Waals surface area (Å²) in [6, 6.07) is 7.81. The summed E-state index contributed by atoms with van der Waals surface area (Å²) in [5, 5.41) is 7.73. The van der Waals surface area contributed by atoms with E-state index >= 15 is 0 Å². The number of alkyl halides is 3. The molecule has 2 aromatic rings. The van der Waals surface area contributed by atoms with Crippen molar-refractivity contribution in [2.24, 2.45) is 10.9 Å². The lowest BCUT2D eigenvalue weighted by molar-refractivity contribution is -0.140. The SMILES string of the molecule is CN=C(NCCc1nc(C(F)(F)F)cs1)NCc1ccc(OCC(C)C)cc1.I. The Morgan fingerprint density at radius 2 is 1.90 bits per heavy atom. The molecule has 0 spiro atoms. The zero-order chi connectivity index (χ0) is 20.6. The van der Waals surface area contributed by atoms with Gasteiger partial charge in [-0.2, -0.15) is 13.2 Å². The monoisotopic (exact) mass is 542 g/mol. The molecule has 0 saturated heterocycles. The van der Waals surface area contributed by atoms with Crippen LogP contribution in [0.15, 0.2) is 34.6 Å². The van der Waals surface area contributed by atoms with E-state index in [1.54, 1.807) is 7.05 Å². The zero-order valence-electron chi connectivity index (χ0n) is 16.5. The standard InChI is InChI=1S/C19H25F3N4OS.HI/c1-13(2)11-27-15-6-4-14(5-7-15)10-25-18(23-3)24-9-8-17-26-16(12-28-17)19(20,21)22;/h4-7,12-13H,8-11H2,1-3H3,(H2,23,24,25);1H. The molecule has 0 fully saturated rings. The third-order valence-corrected chi connectivity index (χ3v) is 4.57. The van der Waals surface area contributed by atoms with Crippen molar-refractivity contribution in [3.63, 3.8) is 0 Å². The number of benzene rings is 1. The van der Waals surface area contributed by atoms with Crippen LogP contribution in [0.5, 0.6) is 5.75 Å². The van der Waals surface area contributed by atoms with E-state index in [0.717, 1.165) is 28.0 Å². The van der Waals surface area contributed by atoms with Crippen LogP contribution >= 0.6 is 35.3 Å². The molecule has 10 heteroatoms. The molecule has 0 amide bonds. The van der Waals surface area contributed by atoms with Crippen molar-refractivity contribution in [3.8, 4) is 5.75 Å². The van der Waals surface area contributed by atoms with Gasteiger partial charge in [-0.3, -0.25) is 4.99 Å². The van der Waals surface area contributed by atoms with E-state index in [1.165, 1.54) is 0 Å². The van der Waals surface area contributed by atoms with Gasteiger partial charge in [0.15, 0.2) is 11.7 Å².